The minimum atomic E-state index is 0.0225. The third-order valence-corrected chi connectivity index (χ3v) is 9.39. The molecule has 0 amide bonds. The van der Waals surface area contributed by atoms with Crippen LogP contribution >= 0.6 is 8.58 Å². The molecule has 0 bridgehead atoms. The van der Waals surface area contributed by atoms with E-state index in [0.29, 0.717) is 15.2 Å². The normalized spacial score (nSPS) is 16.5. The van der Waals surface area contributed by atoms with Crippen molar-refractivity contribution in [2.45, 2.75) is 78.6 Å². The number of hydrogen-bond acceptors (Lipinski definition) is 2. The number of ether oxygens (including phenoxy) is 1. The summed E-state index contributed by atoms with van der Waals surface area (Å²) in [5.74, 6) is 1.07. The summed E-state index contributed by atoms with van der Waals surface area (Å²) in [6.45, 7) is 15.6. The minimum absolute atomic E-state index is 0.0225. The SMILES string of the molecule is CCC(C)(Pc1ccc(C)cc1CN1CCCCC1)c1cc(C)cc(C)c1OCc1ccccc1. The zero-order chi connectivity index (χ0) is 24.8. The molecule has 1 aliphatic heterocycles. The summed E-state index contributed by atoms with van der Waals surface area (Å²) in [5.41, 5.74) is 7.99. The molecule has 0 saturated carbocycles. The number of hydrogen-bond donors (Lipinski definition) is 0. The molecule has 0 aromatic heterocycles. The highest BCUT2D eigenvalue weighted by atomic mass is 31.1. The lowest BCUT2D eigenvalue weighted by molar-refractivity contribution is 0.221. The number of likely N-dealkylation sites (tertiary alicyclic amines) is 1. The Balaban J connectivity index is 1.66. The van der Waals surface area contributed by atoms with Gasteiger partial charge in [-0.3, -0.25) is 4.90 Å². The fourth-order valence-corrected chi connectivity index (χ4v) is 6.83. The zero-order valence-electron chi connectivity index (χ0n) is 22.3. The van der Waals surface area contributed by atoms with Crippen LogP contribution < -0.4 is 10.0 Å². The van der Waals surface area contributed by atoms with E-state index in [1.54, 1.807) is 0 Å². The van der Waals surface area contributed by atoms with E-state index < -0.39 is 0 Å². The molecule has 1 aliphatic rings. The molecule has 35 heavy (non-hydrogen) atoms. The Hall–Kier alpha value is -2.15. The fourth-order valence-electron chi connectivity index (χ4n) is 5.26. The molecule has 0 radical (unpaired) electrons. The van der Waals surface area contributed by atoms with Gasteiger partial charge in [-0.2, -0.15) is 0 Å². The highest BCUT2D eigenvalue weighted by Gasteiger charge is 2.31. The van der Waals surface area contributed by atoms with Crippen LogP contribution in [0.25, 0.3) is 0 Å². The van der Waals surface area contributed by atoms with Gasteiger partial charge in [0.2, 0.25) is 0 Å². The standard InChI is InChI=1S/C32H42NOP/c1-6-32(5,35-30-16-15-24(2)20-28(30)22-33-17-11-8-12-18-33)29-21-25(3)19-26(4)31(29)34-23-27-13-9-7-10-14-27/h7,9-10,13-16,19-21,35H,6,8,11-12,17-18,22-23H2,1-5H3. The summed E-state index contributed by atoms with van der Waals surface area (Å²) in [5, 5.41) is 1.54. The van der Waals surface area contributed by atoms with E-state index in [-0.39, 0.29) is 5.16 Å². The first-order chi connectivity index (χ1) is 16.9. The smallest absolute Gasteiger partial charge is 0.126 e. The van der Waals surface area contributed by atoms with Crippen LogP contribution in [-0.2, 0) is 18.3 Å². The Morgan fingerprint density at radius 1 is 0.886 bits per heavy atom. The average Bonchev–Trinajstić information content (AvgIpc) is 2.86. The van der Waals surface area contributed by atoms with Crippen molar-refractivity contribution in [2.75, 3.05) is 13.1 Å². The van der Waals surface area contributed by atoms with Crippen molar-refractivity contribution in [1.29, 1.82) is 0 Å². The van der Waals surface area contributed by atoms with Crippen LogP contribution in [-0.4, -0.2) is 18.0 Å². The van der Waals surface area contributed by atoms with Gasteiger partial charge in [-0.05, 0) is 75.1 Å². The lowest BCUT2D eigenvalue weighted by atomic mass is 9.92. The first-order valence-electron chi connectivity index (χ1n) is 13.3. The molecule has 2 atom stereocenters. The van der Waals surface area contributed by atoms with Crippen LogP contribution in [0.3, 0.4) is 0 Å². The molecule has 0 aliphatic carbocycles. The van der Waals surface area contributed by atoms with Gasteiger partial charge in [0.1, 0.15) is 12.4 Å². The molecule has 2 nitrogen and oxygen atoms in total. The molecule has 3 heteroatoms. The lowest BCUT2D eigenvalue weighted by Gasteiger charge is -2.34. The van der Waals surface area contributed by atoms with Crippen LogP contribution in [0.15, 0.2) is 60.7 Å². The van der Waals surface area contributed by atoms with Crippen molar-refractivity contribution in [3.8, 4) is 5.75 Å². The summed E-state index contributed by atoms with van der Waals surface area (Å²) >= 11 is 0. The maximum Gasteiger partial charge on any atom is 0.126 e. The van der Waals surface area contributed by atoms with Crippen molar-refractivity contribution in [3.05, 3.63) is 94.0 Å². The van der Waals surface area contributed by atoms with Crippen LogP contribution in [0.5, 0.6) is 5.75 Å². The molecule has 2 unspecified atom stereocenters. The van der Waals surface area contributed by atoms with Gasteiger partial charge >= 0.3 is 0 Å². The maximum atomic E-state index is 6.56. The van der Waals surface area contributed by atoms with Gasteiger partial charge in [0.05, 0.1) is 0 Å². The van der Waals surface area contributed by atoms with E-state index in [9.17, 15) is 0 Å². The largest absolute Gasteiger partial charge is 0.488 e. The van der Waals surface area contributed by atoms with E-state index in [1.165, 1.54) is 71.0 Å². The molecule has 186 valence electrons. The monoisotopic (exact) mass is 487 g/mol. The van der Waals surface area contributed by atoms with E-state index in [1.807, 2.05) is 0 Å². The van der Waals surface area contributed by atoms with Gasteiger partial charge in [0, 0.05) is 17.3 Å². The Morgan fingerprint density at radius 3 is 2.34 bits per heavy atom. The summed E-state index contributed by atoms with van der Waals surface area (Å²) < 4.78 is 6.56. The van der Waals surface area contributed by atoms with Gasteiger partial charge in [0.15, 0.2) is 0 Å². The summed E-state index contributed by atoms with van der Waals surface area (Å²) in [4.78, 5) is 2.65. The van der Waals surface area contributed by atoms with Gasteiger partial charge in [-0.1, -0.05) is 101 Å². The number of nitrogens with zero attached hydrogens (tertiary/aromatic N) is 1. The highest BCUT2D eigenvalue weighted by Crippen LogP contribution is 2.49. The molecule has 3 aromatic carbocycles. The summed E-state index contributed by atoms with van der Waals surface area (Å²) in [6, 6.07) is 22.3. The van der Waals surface area contributed by atoms with Crippen molar-refractivity contribution in [3.63, 3.8) is 0 Å². The molecule has 1 saturated heterocycles. The molecular weight excluding hydrogens is 445 g/mol. The predicted octanol–water partition coefficient (Wildman–Crippen LogP) is 7.81. The van der Waals surface area contributed by atoms with Crippen molar-refractivity contribution < 1.29 is 4.74 Å². The van der Waals surface area contributed by atoms with Crippen LogP contribution in [0, 0.1) is 20.8 Å². The molecular formula is C32H42NOP. The molecule has 1 fully saturated rings. The minimum Gasteiger partial charge on any atom is -0.488 e. The van der Waals surface area contributed by atoms with E-state index in [4.69, 9.17) is 4.74 Å². The third kappa shape index (κ3) is 6.54. The first kappa shape index (κ1) is 25.9. The van der Waals surface area contributed by atoms with Crippen LogP contribution in [0.4, 0.5) is 0 Å². The Kier molecular flexibility index (Phi) is 8.68. The Morgan fingerprint density at radius 2 is 1.63 bits per heavy atom. The molecule has 0 spiro atoms. The molecule has 0 N–H and O–H groups in total. The molecule has 1 heterocycles. The number of aryl methyl sites for hydroxylation is 3. The van der Waals surface area contributed by atoms with Gasteiger partial charge in [0.25, 0.3) is 0 Å². The Labute approximate surface area is 214 Å². The number of rotatable bonds is 9. The van der Waals surface area contributed by atoms with Crippen molar-refractivity contribution >= 4 is 13.9 Å². The lowest BCUT2D eigenvalue weighted by Crippen LogP contribution is -2.31. The predicted molar refractivity (Wildman–Crippen MR) is 153 cm³/mol. The second-order valence-corrected chi connectivity index (χ2v) is 12.4. The van der Waals surface area contributed by atoms with E-state index >= 15 is 0 Å². The Bertz CT molecular complexity index is 1120. The molecule has 4 rings (SSSR count). The van der Waals surface area contributed by atoms with Crippen LogP contribution in [0.1, 0.15) is 72.9 Å². The van der Waals surface area contributed by atoms with Gasteiger partial charge in [-0.15, -0.1) is 0 Å². The first-order valence-corrected chi connectivity index (χ1v) is 14.3. The van der Waals surface area contributed by atoms with Gasteiger partial charge in [-0.25, -0.2) is 0 Å². The van der Waals surface area contributed by atoms with Crippen LogP contribution in [0.2, 0.25) is 0 Å². The van der Waals surface area contributed by atoms with Gasteiger partial charge < -0.3 is 4.74 Å². The summed E-state index contributed by atoms with van der Waals surface area (Å²) in [6.07, 6.45) is 5.12. The van der Waals surface area contributed by atoms with E-state index in [0.717, 1.165) is 18.7 Å². The van der Waals surface area contributed by atoms with E-state index in [2.05, 4.69) is 100 Å². The third-order valence-electron chi connectivity index (χ3n) is 7.46. The summed E-state index contributed by atoms with van der Waals surface area (Å²) in [7, 11) is 0.696. The molecule has 3 aromatic rings. The number of benzene rings is 3. The second kappa shape index (κ2) is 11.7. The average molecular weight is 488 g/mol. The quantitative estimate of drug-likeness (QED) is 0.285. The zero-order valence-corrected chi connectivity index (χ0v) is 23.3. The fraction of sp³-hybridized carbons (Fsp3) is 0.438. The van der Waals surface area contributed by atoms with Crippen molar-refractivity contribution in [2.24, 2.45) is 0 Å². The van der Waals surface area contributed by atoms with Crippen molar-refractivity contribution in [1.82, 2.24) is 4.90 Å². The highest BCUT2D eigenvalue weighted by molar-refractivity contribution is 7.48. The second-order valence-electron chi connectivity index (χ2n) is 10.5. The topological polar surface area (TPSA) is 12.5 Å². The maximum absolute atomic E-state index is 6.56. The number of piperidine rings is 1.